The number of nitrogens with zero attached hydrogens (tertiary/aromatic N) is 3. The van der Waals surface area contributed by atoms with Crippen LogP contribution in [-0.2, 0) is 0 Å². The van der Waals surface area contributed by atoms with Gasteiger partial charge in [-0.05, 0) is 24.3 Å². The molecule has 0 spiro atoms. The summed E-state index contributed by atoms with van der Waals surface area (Å²) in [4.78, 5) is 24.8. The Kier molecular flexibility index (Phi) is 2.86. The number of pyridine rings is 1. The largest absolute Gasteiger partial charge is 0.337 e. The third-order valence-corrected chi connectivity index (χ3v) is 5.17. The monoisotopic (exact) mass is 346 g/mol. The number of imidazole rings is 1. The number of nitro groups is 1. The number of benzene rings is 2. The van der Waals surface area contributed by atoms with E-state index in [9.17, 15) is 10.1 Å². The molecule has 0 atom stereocenters. The minimum Gasteiger partial charge on any atom is -0.337 e. The number of hydrogen-bond acceptors (Lipinski definition) is 5. The lowest BCUT2D eigenvalue weighted by Gasteiger charge is -1.95. The normalized spacial score (nSPS) is 11.5. The van der Waals surface area contributed by atoms with Crippen molar-refractivity contribution in [3.05, 3.63) is 64.7 Å². The maximum absolute atomic E-state index is 10.9. The summed E-state index contributed by atoms with van der Waals surface area (Å²) in [6.07, 6.45) is 0. The number of nitro benzene ring substituents is 1. The minimum absolute atomic E-state index is 0.0481. The third-order valence-electron chi connectivity index (χ3n) is 4.12. The van der Waals surface area contributed by atoms with Crippen LogP contribution < -0.4 is 0 Å². The molecule has 3 heterocycles. The van der Waals surface area contributed by atoms with E-state index in [-0.39, 0.29) is 5.69 Å². The van der Waals surface area contributed by atoms with Crippen LogP contribution in [0.1, 0.15) is 0 Å². The van der Waals surface area contributed by atoms with Gasteiger partial charge in [0.15, 0.2) is 0 Å². The highest BCUT2D eigenvalue weighted by atomic mass is 32.1. The Morgan fingerprint density at radius 1 is 0.960 bits per heavy atom. The lowest BCUT2D eigenvalue weighted by Crippen LogP contribution is -1.86. The van der Waals surface area contributed by atoms with Crippen molar-refractivity contribution in [1.29, 1.82) is 0 Å². The van der Waals surface area contributed by atoms with Crippen LogP contribution >= 0.6 is 11.3 Å². The molecule has 0 unspecified atom stereocenters. The van der Waals surface area contributed by atoms with E-state index in [1.165, 1.54) is 12.1 Å². The molecule has 0 fully saturated rings. The molecule has 6 nitrogen and oxygen atoms in total. The first-order valence-electron chi connectivity index (χ1n) is 7.61. The summed E-state index contributed by atoms with van der Waals surface area (Å²) in [5.41, 5.74) is 2.37. The fourth-order valence-electron chi connectivity index (χ4n) is 2.92. The van der Waals surface area contributed by atoms with Gasteiger partial charge < -0.3 is 4.98 Å². The molecular formula is C18H10N4O2S. The average Bonchev–Trinajstić information content (AvgIpc) is 3.22. The van der Waals surface area contributed by atoms with Gasteiger partial charge in [0.05, 0.1) is 26.4 Å². The van der Waals surface area contributed by atoms with Crippen LogP contribution in [0.5, 0.6) is 0 Å². The maximum Gasteiger partial charge on any atom is 0.271 e. The van der Waals surface area contributed by atoms with Gasteiger partial charge >= 0.3 is 0 Å². The molecular weight excluding hydrogens is 336 g/mol. The van der Waals surface area contributed by atoms with Crippen molar-refractivity contribution in [2.75, 3.05) is 0 Å². The molecule has 0 aliphatic heterocycles. The number of para-hydroxylation sites is 1. The Morgan fingerprint density at radius 3 is 2.72 bits per heavy atom. The van der Waals surface area contributed by atoms with Crippen LogP contribution in [-0.4, -0.2) is 19.9 Å². The first-order chi connectivity index (χ1) is 12.2. The van der Waals surface area contributed by atoms with Crippen molar-refractivity contribution < 1.29 is 4.92 Å². The summed E-state index contributed by atoms with van der Waals surface area (Å²) in [7, 11) is 0. The van der Waals surface area contributed by atoms with Crippen molar-refractivity contribution in [3.63, 3.8) is 0 Å². The molecule has 2 aromatic carbocycles. The van der Waals surface area contributed by atoms with Gasteiger partial charge in [0.2, 0.25) is 0 Å². The molecule has 0 saturated heterocycles. The first kappa shape index (κ1) is 14.1. The van der Waals surface area contributed by atoms with Gasteiger partial charge in [-0.25, -0.2) is 9.97 Å². The van der Waals surface area contributed by atoms with Gasteiger partial charge in [0.25, 0.3) is 5.69 Å². The van der Waals surface area contributed by atoms with Crippen LogP contribution in [0.4, 0.5) is 5.69 Å². The summed E-state index contributed by atoms with van der Waals surface area (Å²) in [6.45, 7) is 0. The summed E-state index contributed by atoms with van der Waals surface area (Å²) in [5, 5.41) is 13.1. The Hall–Kier alpha value is -3.32. The standard InChI is InChI=1S/C18H10N4O2S/c23-22(24)12-5-6-14-15(9-12)20-17(19-14)16-8-11-7-10-3-1-2-4-13(10)21-18(11)25-16/h1-9H,(H,19,20). The lowest BCUT2D eigenvalue weighted by atomic mass is 10.2. The highest BCUT2D eigenvalue weighted by Crippen LogP contribution is 2.34. The second-order valence-corrected chi connectivity index (χ2v) is 6.76. The quantitative estimate of drug-likeness (QED) is 0.364. The van der Waals surface area contributed by atoms with Crippen LogP contribution in [0, 0.1) is 10.1 Å². The van der Waals surface area contributed by atoms with E-state index in [0.717, 1.165) is 26.0 Å². The molecule has 0 saturated carbocycles. The maximum atomic E-state index is 10.9. The van der Waals surface area contributed by atoms with Crippen LogP contribution in [0.15, 0.2) is 54.6 Å². The number of non-ortho nitro benzene ring substituents is 1. The number of hydrogen-bond donors (Lipinski definition) is 1. The van der Waals surface area contributed by atoms with E-state index in [4.69, 9.17) is 4.98 Å². The first-order valence-corrected chi connectivity index (χ1v) is 8.43. The minimum atomic E-state index is -0.408. The Bertz CT molecular complexity index is 1240. The molecule has 0 aliphatic carbocycles. The zero-order valence-corrected chi connectivity index (χ0v) is 13.6. The fraction of sp³-hybridized carbons (Fsp3) is 0. The van der Waals surface area contributed by atoms with Gasteiger partial charge in [-0.1, -0.05) is 18.2 Å². The fourth-order valence-corrected chi connectivity index (χ4v) is 3.89. The van der Waals surface area contributed by atoms with Gasteiger partial charge in [0, 0.05) is 22.9 Å². The van der Waals surface area contributed by atoms with E-state index in [1.807, 2.05) is 30.3 Å². The summed E-state index contributed by atoms with van der Waals surface area (Å²) < 4.78 is 0. The molecule has 120 valence electrons. The van der Waals surface area contributed by atoms with Crippen LogP contribution in [0.3, 0.4) is 0 Å². The summed E-state index contributed by atoms with van der Waals surface area (Å²) >= 11 is 1.55. The number of thiophene rings is 1. The summed E-state index contributed by atoms with van der Waals surface area (Å²) in [6, 6.07) is 16.8. The second kappa shape index (κ2) is 5.09. The number of rotatable bonds is 2. The highest BCUT2D eigenvalue weighted by Gasteiger charge is 2.13. The van der Waals surface area contributed by atoms with Crippen molar-refractivity contribution in [2.24, 2.45) is 0 Å². The van der Waals surface area contributed by atoms with Crippen molar-refractivity contribution in [2.45, 2.75) is 0 Å². The van der Waals surface area contributed by atoms with Crippen LogP contribution in [0.2, 0.25) is 0 Å². The van der Waals surface area contributed by atoms with E-state index in [2.05, 4.69) is 16.0 Å². The predicted octanol–water partition coefficient (Wildman–Crippen LogP) is 4.90. The van der Waals surface area contributed by atoms with Gasteiger partial charge in [-0.3, -0.25) is 10.1 Å². The SMILES string of the molecule is O=[N+]([O-])c1ccc2nc(-c3cc4cc5ccccc5nc4s3)[nH]c2c1. The van der Waals surface area contributed by atoms with Gasteiger partial charge in [-0.15, -0.1) is 11.3 Å². The third kappa shape index (κ3) is 2.25. The van der Waals surface area contributed by atoms with Gasteiger partial charge in [-0.2, -0.15) is 0 Å². The van der Waals surface area contributed by atoms with E-state index in [0.29, 0.717) is 16.9 Å². The number of aromatic nitrogens is 3. The number of H-pyrrole nitrogens is 1. The summed E-state index contributed by atoms with van der Waals surface area (Å²) in [5.74, 6) is 0.697. The zero-order chi connectivity index (χ0) is 17.0. The smallest absolute Gasteiger partial charge is 0.271 e. The second-order valence-electron chi connectivity index (χ2n) is 5.73. The Labute approximate surface area is 144 Å². The molecule has 0 aliphatic rings. The van der Waals surface area contributed by atoms with Crippen molar-refractivity contribution in [1.82, 2.24) is 15.0 Å². The molecule has 25 heavy (non-hydrogen) atoms. The molecule has 3 aromatic heterocycles. The van der Waals surface area contributed by atoms with Crippen LogP contribution in [0.25, 0.3) is 42.9 Å². The molecule has 5 aromatic rings. The predicted molar refractivity (Wildman–Crippen MR) is 98.9 cm³/mol. The van der Waals surface area contributed by atoms with E-state index in [1.54, 1.807) is 17.4 Å². The number of fused-ring (bicyclic) bond motifs is 3. The topological polar surface area (TPSA) is 84.7 Å². The molecule has 1 N–H and O–H groups in total. The highest BCUT2D eigenvalue weighted by molar-refractivity contribution is 7.21. The van der Waals surface area contributed by atoms with E-state index >= 15 is 0 Å². The Balaban J connectivity index is 1.68. The molecule has 5 rings (SSSR count). The van der Waals surface area contributed by atoms with Crippen molar-refractivity contribution in [3.8, 4) is 10.7 Å². The number of aromatic amines is 1. The molecule has 7 heteroatoms. The number of nitrogens with one attached hydrogen (secondary N) is 1. The molecule has 0 bridgehead atoms. The lowest BCUT2D eigenvalue weighted by molar-refractivity contribution is -0.384. The average molecular weight is 346 g/mol. The van der Waals surface area contributed by atoms with Crippen molar-refractivity contribution >= 4 is 49.2 Å². The van der Waals surface area contributed by atoms with E-state index < -0.39 is 4.92 Å². The van der Waals surface area contributed by atoms with Gasteiger partial charge in [0.1, 0.15) is 10.7 Å². The zero-order valence-electron chi connectivity index (χ0n) is 12.8. The Morgan fingerprint density at radius 2 is 1.84 bits per heavy atom. The molecule has 0 radical (unpaired) electrons. The molecule has 0 amide bonds.